The van der Waals surface area contributed by atoms with Crippen molar-refractivity contribution in [3.8, 4) is 0 Å². The number of nitrogens with one attached hydrogen (secondary N) is 1. The Bertz CT molecular complexity index is 191. The van der Waals surface area contributed by atoms with E-state index < -0.39 is 0 Å². The molecular formula is C8H14N2O2. The summed E-state index contributed by atoms with van der Waals surface area (Å²) in [7, 11) is 0. The Balaban J connectivity index is 2.30. The lowest BCUT2D eigenvalue weighted by molar-refractivity contribution is -0.138. The third kappa shape index (κ3) is 2.22. The van der Waals surface area contributed by atoms with E-state index in [1.807, 2.05) is 6.92 Å². The van der Waals surface area contributed by atoms with Crippen molar-refractivity contribution in [3.05, 3.63) is 0 Å². The lowest BCUT2D eigenvalue weighted by Crippen LogP contribution is -2.42. The van der Waals surface area contributed by atoms with Crippen LogP contribution in [0.5, 0.6) is 0 Å². The fourth-order valence-corrected chi connectivity index (χ4v) is 1.20. The van der Waals surface area contributed by atoms with Crippen molar-refractivity contribution < 1.29 is 9.59 Å². The Hall–Kier alpha value is -1.06. The summed E-state index contributed by atoms with van der Waals surface area (Å²) >= 11 is 0. The Kier molecular flexibility index (Phi) is 3.08. The van der Waals surface area contributed by atoms with Crippen LogP contribution in [0, 0.1) is 0 Å². The third-order valence-corrected chi connectivity index (χ3v) is 1.81. The van der Waals surface area contributed by atoms with Crippen LogP contribution in [0.15, 0.2) is 0 Å². The van der Waals surface area contributed by atoms with Gasteiger partial charge in [-0.2, -0.15) is 0 Å². The van der Waals surface area contributed by atoms with Crippen LogP contribution >= 0.6 is 0 Å². The molecule has 0 aromatic rings. The van der Waals surface area contributed by atoms with Gasteiger partial charge in [0.2, 0.25) is 11.8 Å². The molecule has 0 bridgehead atoms. The van der Waals surface area contributed by atoms with E-state index in [4.69, 9.17) is 0 Å². The molecule has 0 aliphatic carbocycles. The van der Waals surface area contributed by atoms with Crippen LogP contribution < -0.4 is 5.43 Å². The first-order valence-corrected chi connectivity index (χ1v) is 4.34. The number of hydrogen-bond acceptors (Lipinski definition) is 2. The van der Waals surface area contributed by atoms with Gasteiger partial charge in [0.05, 0.1) is 0 Å². The van der Waals surface area contributed by atoms with E-state index in [2.05, 4.69) is 5.43 Å². The number of amides is 2. The predicted molar refractivity (Wildman–Crippen MR) is 44.0 cm³/mol. The lowest BCUT2D eigenvalue weighted by atomic mass is 10.3. The summed E-state index contributed by atoms with van der Waals surface area (Å²) in [6, 6.07) is 0. The van der Waals surface area contributed by atoms with Gasteiger partial charge in [-0.1, -0.05) is 6.92 Å². The zero-order valence-corrected chi connectivity index (χ0v) is 7.30. The van der Waals surface area contributed by atoms with E-state index >= 15 is 0 Å². The van der Waals surface area contributed by atoms with Crippen molar-refractivity contribution >= 4 is 11.8 Å². The molecule has 0 aromatic heterocycles. The maximum atomic E-state index is 11.0. The summed E-state index contributed by atoms with van der Waals surface area (Å²) in [6.07, 6.45) is 2.72. The van der Waals surface area contributed by atoms with Crippen molar-refractivity contribution in [1.29, 1.82) is 0 Å². The molecule has 12 heavy (non-hydrogen) atoms. The predicted octanol–water partition coefficient (Wildman–Crippen LogP) is 0.440. The normalized spacial score (nSPS) is 16.8. The fourth-order valence-electron chi connectivity index (χ4n) is 1.20. The van der Waals surface area contributed by atoms with E-state index in [1.54, 1.807) is 0 Å². The average molecular weight is 170 g/mol. The van der Waals surface area contributed by atoms with Crippen molar-refractivity contribution in [3.63, 3.8) is 0 Å². The van der Waals surface area contributed by atoms with Crippen LogP contribution in [0.3, 0.4) is 0 Å². The molecule has 4 heteroatoms. The molecule has 0 atom stereocenters. The maximum absolute atomic E-state index is 11.0. The first-order chi connectivity index (χ1) is 5.74. The molecule has 1 aliphatic heterocycles. The highest BCUT2D eigenvalue weighted by Crippen LogP contribution is 2.06. The Morgan fingerprint density at radius 1 is 1.67 bits per heavy atom. The number of carbonyl (C=O) groups is 2. The number of hydrazine groups is 1. The van der Waals surface area contributed by atoms with Crippen LogP contribution in [0.2, 0.25) is 0 Å². The highest BCUT2D eigenvalue weighted by atomic mass is 16.2. The van der Waals surface area contributed by atoms with Crippen molar-refractivity contribution in [2.45, 2.75) is 32.6 Å². The monoisotopic (exact) mass is 170 g/mol. The fraction of sp³-hybridized carbons (Fsp3) is 0.750. The van der Waals surface area contributed by atoms with Gasteiger partial charge in [0.25, 0.3) is 0 Å². The minimum atomic E-state index is -0.0623. The molecule has 68 valence electrons. The molecule has 1 saturated heterocycles. The first kappa shape index (κ1) is 9.03. The number of hydrogen-bond donors (Lipinski definition) is 1. The van der Waals surface area contributed by atoms with E-state index in [0.717, 1.165) is 12.8 Å². The minimum Gasteiger partial charge on any atom is -0.273 e. The molecule has 0 radical (unpaired) electrons. The van der Waals surface area contributed by atoms with E-state index in [1.165, 1.54) is 5.01 Å². The molecule has 1 heterocycles. The Morgan fingerprint density at radius 2 is 2.42 bits per heavy atom. The first-order valence-electron chi connectivity index (χ1n) is 4.34. The SMILES string of the molecule is CCCC(=O)NN1CCCC1=O. The van der Waals surface area contributed by atoms with Crippen LogP contribution in [-0.2, 0) is 9.59 Å². The second-order valence-electron chi connectivity index (χ2n) is 2.93. The molecule has 0 saturated carbocycles. The van der Waals surface area contributed by atoms with Gasteiger partial charge in [0, 0.05) is 19.4 Å². The molecule has 1 rings (SSSR count). The highest BCUT2D eigenvalue weighted by molar-refractivity contribution is 5.83. The molecule has 2 amide bonds. The Labute approximate surface area is 71.9 Å². The third-order valence-electron chi connectivity index (χ3n) is 1.81. The van der Waals surface area contributed by atoms with Crippen molar-refractivity contribution in [1.82, 2.24) is 10.4 Å². The molecule has 1 N–H and O–H groups in total. The summed E-state index contributed by atoms with van der Waals surface area (Å²) in [4.78, 5) is 22.1. The van der Waals surface area contributed by atoms with Gasteiger partial charge in [-0.3, -0.25) is 20.0 Å². The van der Waals surface area contributed by atoms with Gasteiger partial charge in [0.15, 0.2) is 0 Å². The topological polar surface area (TPSA) is 49.4 Å². The van der Waals surface area contributed by atoms with Gasteiger partial charge in [-0.15, -0.1) is 0 Å². The quantitative estimate of drug-likeness (QED) is 0.668. The second kappa shape index (κ2) is 4.09. The molecular weight excluding hydrogens is 156 g/mol. The number of rotatable bonds is 3. The molecule has 0 spiro atoms. The molecule has 0 aromatic carbocycles. The van der Waals surface area contributed by atoms with Gasteiger partial charge in [-0.25, -0.2) is 0 Å². The maximum Gasteiger partial charge on any atom is 0.241 e. The number of nitrogens with zero attached hydrogens (tertiary/aromatic N) is 1. The molecule has 0 unspecified atom stereocenters. The van der Waals surface area contributed by atoms with E-state index in [9.17, 15) is 9.59 Å². The zero-order chi connectivity index (χ0) is 8.97. The van der Waals surface area contributed by atoms with Crippen molar-refractivity contribution in [2.24, 2.45) is 0 Å². The molecule has 4 nitrogen and oxygen atoms in total. The average Bonchev–Trinajstić information content (AvgIpc) is 2.37. The summed E-state index contributed by atoms with van der Waals surface area (Å²) in [5, 5.41) is 1.41. The van der Waals surface area contributed by atoms with Crippen LogP contribution in [0.4, 0.5) is 0 Å². The summed E-state index contributed by atoms with van der Waals surface area (Å²) < 4.78 is 0. The molecule has 1 aliphatic rings. The van der Waals surface area contributed by atoms with Gasteiger partial charge in [0.1, 0.15) is 0 Å². The van der Waals surface area contributed by atoms with Crippen LogP contribution in [0.1, 0.15) is 32.6 Å². The van der Waals surface area contributed by atoms with Crippen LogP contribution in [-0.4, -0.2) is 23.4 Å². The smallest absolute Gasteiger partial charge is 0.241 e. The number of carbonyl (C=O) groups excluding carboxylic acids is 2. The Morgan fingerprint density at radius 3 is 2.92 bits per heavy atom. The van der Waals surface area contributed by atoms with Gasteiger partial charge in [-0.05, 0) is 12.8 Å². The summed E-state index contributed by atoms with van der Waals surface area (Å²) in [6.45, 7) is 2.60. The van der Waals surface area contributed by atoms with E-state index in [0.29, 0.717) is 19.4 Å². The van der Waals surface area contributed by atoms with E-state index in [-0.39, 0.29) is 11.8 Å². The summed E-state index contributed by atoms with van der Waals surface area (Å²) in [5.74, 6) is -0.0350. The van der Waals surface area contributed by atoms with Crippen LogP contribution in [0.25, 0.3) is 0 Å². The minimum absolute atomic E-state index is 0.0273. The highest BCUT2D eigenvalue weighted by Gasteiger charge is 2.21. The second-order valence-corrected chi connectivity index (χ2v) is 2.93. The lowest BCUT2D eigenvalue weighted by Gasteiger charge is -2.15. The van der Waals surface area contributed by atoms with Gasteiger partial charge >= 0.3 is 0 Å². The van der Waals surface area contributed by atoms with Gasteiger partial charge < -0.3 is 0 Å². The van der Waals surface area contributed by atoms with Crippen molar-refractivity contribution in [2.75, 3.05) is 6.54 Å². The largest absolute Gasteiger partial charge is 0.273 e. The summed E-state index contributed by atoms with van der Waals surface area (Å²) in [5.41, 5.74) is 2.57. The standard InChI is InChI=1S/C8H14N2O2/c1-2-4-7(11)9-10-6-3-5-8(10)12/h2-6H2,1H3,(H,9,11). The zero-order valence-electron chi connectivity index (χ0n) is 7.30. The molecule has 1 fully saturated rings.